The van der Waals surface area contributed by atoms with Crippen LogP contribution in [0.15, 0.2) is 12.1 Å². The van der Waals surface area contributed by atoms with E-state index in [2.05, 4.69) is 0 Å². The maximum atomic E-state index is 12.1. The SMILES string of the molecule is CN(Cc1ccc(Cl)s1)C(=O)[C@@H](N)C(C)(C)C.Cl. The van der Waals surface area contributed by atoms with E-state index in [9.17, 15) is 4.79 Å². The molecule has 0 aromatic carbocycles. The van der Waals surface area contributed by atoms with Gasteiger partial charge in [0.1, 0.15) is 0 Å². The lowest BCUT2D eigenvalue weighted by Crippen LogP contribution is -2.48. The predicted octanol–water partition coefficient (Wildman–Crippen LogP) is 3.16. The number of carbonyl (C=O) groups excluding carboxylic acids is 1. The Labute approximate surface area is 124 Å². The van der Waals surface area contributed by atoms with Crippen molar-refractivity contribution in [3.63, 3.8) is 0 Å². The molecular weight excluding hydrogens is 291 g/mol. The van der Waals surface area contributed by atoms with E-state index in [1.54, 1.807) is 11.9 Å². The highest BCUT2D eigenvalue weighted by Crippen LogP contribution is 2.24. The Morgan fingerprint density at radius 3 is 2.44 bits per heavy atom. The number of halogens is 2. The highest BCUT2D eigenvalue weighted by Gasteiger charge is 2.29. The molecule has 1 aromatic heterocycles. The monoisotopic (exact) mass is 310 g/mol. The second kappa shape index (κ2) is 6.75. The quantitative estimate of drug-likeness (QED) is 0.932. The lowest BCUT2D eigenvalue weighted by molar-refractivity contribution is -0.134. The van der Waals surface area contributed by atoms with E-state index in [1.165, 1.54) is 11.3 Å². The molecule has 1 heterocycles. The maximum absolute atomic E-state index is 12.1. The van der Waals surface area contributed by atoms with Crippen molar-refractivity contribution in [2.75, 3.05) is 7.05 Å². The van der Waals surface area contributed by atoms with Gasteiger partial charge in [-0.3, -0.25) is 4.79 Å². The van der Waals surface area contributed by atoms with Crippen molar-refractivity contribution in [3.05, 3.63) is 21.3 Å². The number of nitrogens with zero attached hydrogens (tertiary/aromatic N) is 1. The lowest BCUT2D eigenvalue weighted by Gasteiger charge is -2.29. The minimum absolute atomic E-state index is 0. The highest BCUT2D eigenvalue weighted by molar-refractivity contribution is 7.16. The molecule has 1 amide bonds. The average Bonchev–Trinajstić information content (AvgIpc) is 2.60. The van der Waals surface area contributed by atoms with Crippen molar-refractivity contribution in [3.8, 4) is 0 Å². The number of nitrogens with two attached hydrogens (primary N) is 1. The van der Waals surface area contributed by atoms with Gasteiger partial charge in [-0.25, -0.2) is 0 Å². The van der Waals surface area contributed by atoms with Gasteiger partial charge in [-0.15, -0.1) is 23.7 Å². The van der Waals surface area contributed by atoms with Gasteiger partial charge in [0.25, 0.3) is 0 Å². The summed E-state index contributed by atoms with van der Waals surface area (Å²) >= 11 is 7.33. The molecule has 0 saturated heterocycles. The minimum Gasteiger partial charge on any atom is -0.339 e. The van der Waals surface area contributed by atoms with E-state index in [0.717, 1.165) is 9.21 Å². The van der Waals surface area contributed by atoms with Gasteiger partial charge in [0.15, 0.2) is 0 Å². The summed E-state index contributed by atoms with van der Waals surface area (Å²) in [6.45, 7) is 6.45. The molecule has 0 unspecified atom stereocenters. The van der Waals surface area contributed by atoms with Crippen LogP contribution in [0, 0.1) is 5.41 Å². The first-order valence-electron chi connectivity index (χ1n) is 5.46. The fraction of sp³-hybridized carbons (Fsp3) is 0.583. The molecule has 2 N–H and O–H groups in total. The third kappa shape index (κ3) is 4.76. The number of likely N-dealkylation sites (N-methyl/N-ethyl adjacent to an activating group) is 1. The van der Waals surface area contributed by atoms with Crippen molar-refractivity contribution >= 4 is 41.3 Å². The van der Waals surface area contributed by atoms with Crippen LogP contribution in [0.1, 0.15) is 25.6 Å². The second-order valence-electron chi connectivity index (χ2n) is 5.24. The first kappa shape index (κ1) is 17.7. The molecule has 1 aromatic rings. The third-order valence-electron chi connectivity index (χ3n) is 2.60. The average molecular weight is 311 g/mol. The van der Waals surface area contributed by atoms with Gasteiger partial charge in [0, 0.05) is 11.9 Å². The zero-order valence-corrected chi connectivity index (χ0v) is 13.5. The Morgan fingerprint density at radius 1 is 1.50 bits per heavy atom. The molecule has 1 rings (SSSR count). The maximum Gasteiger partial charge on any atom is 0.240 e. The molecule has 0 bridgehead atoms. The Kier molecular flexibility index (Phi) is 6.65. The summed E-state index contributed by atoms with van der Waals surface area (Å²) in [5, 5.41) is 0. The lowest BCUT2D eigenvalue weighted by atomic mass is 9.86. The van der Waals surface area contributed by atoms with Crippen molar-refractivity contribution < 1.29 is 4.79 Å². The molecule has 6 heteroatoms. The molecule has 0 spiro atoms. The summed E-state index contributed by atoms with van der Waals surface area (Å²) in [5.74, 6) is -0.0398. The molecule has 3 nitrogen and oxygen atoms in total. The molecule has 0 saturated carbocycles. The van der Waals surface area contributed by atoms with E-state index in [-0.39, 0.29) is 23.7 Å². The zero-order valence-electron chi connectivity index (χ0n) is 11.1. The largest absolute Gasteiger partial charge is 0.339 e. The molecule has 104 valence electrons. The molecular formula is C12H20Cl2N2OS. The molecule has 0 fully saturated rings. The molecule has 18 heavy (non-hydrogen) atoms. The predicted molar refractivity (Wildman–Crippen MR) is 80.5 cm³/mol. The summed E-state index contributed by atoms with van der Waals surface area (Å²) in [6.07, 6.45) is 0. The molecule has 0 aliphatic rings. The van der Waals surface area contributed by atoms with Gasteiger partial charge in [-0.05, 0) is 17.5 Å². The summed E-state index contributed by atoms with van der Waals surface area (Å²) in [6, 6.07) is 3.28. The van der Waals surface area contributed by atoms with Gasteiger partial charge in [-0.1, -0.05) is 32.4 Å². The van der Waals surface area contributed by atoms with Crippen LogP contribution in [0.4, 0.5) is 0 Å². The van der Waals surface area contributed by atoms with Crippen molar-refractivity contribution in [1.82, 2.24) is 4.90 Å². The molecule has 0 aliphatic heterocycles. The van der Waals surface area contributed by atoms with Crippen LogP contribution in [-0.4, -0.2) is 23.9 Å². The van der Waals surface area contributed by atoms with Crippen LogP contribution in [0.5, 0.6) is 0 Å². The van der Waals surface area contributed by atoms with Crippen molar-refractivity contribution in [2.45, 2.75) is 33.4 Å². The number of hydrogen-bond donors (Lipinski definition) is 1. The Bertz CT molecular complexity index is 401. The first-order chi connectivity index (χ1) is 7.71. The fourth-order valence-electron chi connectivity index (χ4n) is 1.36. The molecule has 0 aliphatic carbocycles. The van der Waals surface area contributed by atoms with Crippen LogP contribution in [0.2, 0.25) is 4.34 Å². The van der Waals surface area contributed by atoms with Crippen LogP contribution in [0.3, 0.4) is 0 Å². The topological polar surface area (TPSA) is 46.3 Å². The first-order valence-corrected chi connectivity index (χ1v) is 6.66. The number of rotatable bonds is 3. The van der Waals surface area contributed by atoms with Crippen LogP contribution < -0.4 is 5.73 Å². The van der Waals surface area contributed by atoms with Crippen LogP contribution in [0.25, 0.3) is 0 Å². The van der Waals surface area contributed by atoms with Gasteiger partial charge < -0.3 is 10.6 Å². The molecule has 0 radical (unpaired) electrons. The normalized spacial score (nSPS) is 12.8. The Hall–Kier alpha value is -0.290. The van der Waals surface area contributed by atoms with E-state index in [1.807, 2.05) is 32.9 Å². The second-order valence-corrected chi connectivity index (χ2v) is 7.04. The number of hydrogen-bond acceptors (Lipinski definition) is 3. The van der Waals surface area contributed by atoms with E-state index >= 15 is 0 Å². The van der Waals surface area contributed by atoms with E-state index < -0.39 is 6.04 Å². The van der Waals surface area contributed by atoms with Gasteiger partial charge >= 0.3 is 0 Å². The zero-order chi connectivity index (χ0) is 13.2. The summed E-state index contributed by atoms with van der Waals surface area (Å²) in [7, 11) is 1.77. The van der Waals surface area contributed by atoms with Crippen LogP contribution in [-0.2, 0) is 11.3 Å². The summed E-state index contributed by atoms with van der Waals surface area (Å²) in [5.41, 5.74) is 5.72. The van der Waals surface area contributed by atoms with Gasteiger partial charge in [0.2, 0.25) is 5.91 Å². The van der Waals surface area contributed by atoms with E-state index in [4.69, 9.17) is 17.3 Å². The van der Waals surface area contributed by atoms with Crippen LogP contribution >= 0.6 is 35.3 Å². The van der Waals surface area contributed by atoms with E-state index in [0.29, 0.717) is 6.54 Å². The Balaban J connectivity index is 0.00000289. The summed E-state index contributed by atoms with van der Waals surface area (Å²) in [4.78, 5) is 14.8. The number of thiophene rings is 1. The fourth-order valence-corrected chi connectivity index (χ4v) is 2.50. The molecule has 1 atom stereocenters. The van der Waals surface area contributed by atoms with Gasteiger partial charge in [-0.2, -0.15) is 0 Å². The van der Waals surface area contributed by atoms with Gasteiger partial charge in [0.05, 0.1) is 16.9 Å². The third-order valence-corrected chi connectivity index (χ3v) is 3.81. The number of carbonyl (C=O) groups is 1. The minimum atomic E-state index is -0.483. The standard InChI is InChI=1S/C12H19ClN2OS.ClH/c1-12(2,3)10(14)11(16)15(4)7-8-5-6-9(13)17-8;/h5-6,10H,7,14H2,1-4H3;1H/t10-;/m1./s1. The van der Waals surface area contributed by atoms with Crippen molar-refractivity contribution in [1.29, 1.82) is 0 Å². The Morgan fingerprint density at radius 2 is 2.06 bits per heavy atom. The number of amides is 1. The smallest absolute Gasteiger partial charge is 0.240 e. The summed E-state index contributed by atoms with van der Waals surface area (Å²) < 4.78 is 0.737. The van der Waals surface area contributed by atoms with Crippen molar-refractivity contribution in [2.24, 2.45) is 11.1 Å². The highest BCUT2D eigenvalue weighted by atomic mass is 35.5.